The van der Waals surface area contributed by atoms with Gasteiger partial charge >= 0.3 is 6.01 Å². The van der Waals surface area contributed by atoms with Gasteiger partial charge in [-0.1, -0.05) is 0 Å². The van der Waals surface area contributed by atoms with Crippen molar-refractivity contribution in [3.8, 4) is 6.01 Å². The predicted octanol–water partition coefficient (Wildman–Crippen LogP) is 1.50. The number of carbonyl (C=O) groups excluding carboxylic acids is 1. The van der Waals surface area contributed by atoms with Crippen LogP contribution in [0.2, 0.25) is 0 Å². The minimum Gasteiger partial charge on any atom is -0.458 e. The molecule has 2 aromatic heterocycles. The number of aromatic nitrogens is 4. The molecule has 1 N–H and O–H groups in total. The van der Waals surface area contributed by atoms with Crippen LogP contribution in [-0.2, 0) is 0 Å². The van der Waals surface area contributed by atoms with Crippen LogP contribution in [0.5, 0.6) is 6.01 Å². The van der Waals surface area contributed by atoms with Crippen molar-refractivity contribution in [2.24, 2.45) is 0 Å². The van der Waals surface area contributed by atoms with E-state index in [1.54, 1.807) is 18.5 Å². The first-order valence-electron chi connectivity index (χ1n) is 7.39. The van der Waals surface area contributed by atoms with E-state index in [-0.39, 0.29) is 12.0 Å². The molecule has 0 aliphatic carbocycles. The third kappa shape index (κ3) is 2.93. The van der Waals surface area contributed by atoms with E-state index in [4.69, 9.17) is 4.74 Å². The number of ether oxygens (including phenoxy) is 1. The van der Waals surface area contributed by atoms with Crippen LogP contribution in [-0.4, -0.2) is 50.2 Å². The van der Waals surface area contributed by atoms with Crippen molar-refractivity contribution in [1.29, 1.82) is 0 Å². The molecule has 3 rings (SSSR count). The average Bonchev–Trinajstić information content (AvgIpc) is 2.87. The predicted molar refractivity (Wildman–Crippen MR) is 79.6 cm³/mol. The molecule has 3 heterocycles. The van der Waals surface area contributed by atoms with Gasteiger partial charge in [-0.05, 0) is 32.8 Å². The zero-order valence-corrected chi connectivity index (χ0v) is 12.7. The van der Waals surface area contributed by atoms with Crippen molar-refractivity contribution in [2.45, 2.75) is 32.8 Å². The molecule has 1 aliphatic rings. The van der Waals surface area contributed by atoms with Crippen molar-refractivity contribution in [3.05, 3.63) is 35.4 Å². The van der Waals surface area contributed by atoms with Gasteiger partial charge in [-0.3, -0.25) is 9.89 Å². The molecule has 0 radical (unpaired) electrons. The first-order chi connectivity index (χ1) is 10.6. The molecule has 22 heavy (non-hydrogen) atoms. The summed E-state index contributed by atoms with van der Waals surface area (Å²) in [7, 11) is 0. The fourth-order valence-electron chi connectivity index (χ4n) is 2.74. The number of rotatable bonds is 3. The number of aryl methyl sites for hydroxylation is 2. The molecule has 0 aromatic carbocycles. The smallest absolute Gasteiger partial charge is 0.316 e. The van der Waals surface area contributed by atoms with E-state index in [1.165, 1.54) is 0 Å². The summed E-state index contributed by atoms with van der Waals surface area (Å²) >= 11 is 0. The van der Waals surface area contributed by atoms with E-state index in [2.05, 4.69) is 20.2 Å². The van der Waals surface area contributed by atoms with Gasteiger partial charge in [0.15, 0.2) is 0 Å². The molecule has 116 valence electrons. The van der Waals surface area contributed by atoms with E-state index in [1.807, 2.05) is 18.7 Å². The number of carbonyl (C=O) groups is 1. The summed E-state index contributed by atoms with van der Waals surface area (Å²) in [6.07, 6.45) is 5.01. The lowest BCUT2D eigenvalue weighted by atomic mass is 10.1. The average molecular weight is 301 g/mol. The molecule has 7 heteroatoms. The molecule has 2 aromatic rings. The monoisotopic (exact) mass is 301 g/mol. The standard InChI is InChI=1S/C15H19N5O2/c1-10-13(11(2)19-18-10)14(21)20-8-3-5-12(9-20)22-15-16-6-4-7-17-15/h4,6-7,12H,3,5,8-9H2,1-2H3,(H,18,19). The molecule has 0 saturated carbocycles. The third-order valence-corrected chi connectivity index (χ3v) is 3.82. The fourth-order valence-corrected chi connectivity index (χ4v) is 2.74. The Morgan fingerprint density at radius 2 is 2.14 bits per heavy atom. The Bertz CT molecular complexity index is 636. The lowest BCUT2D eigenvalue weighted by Crippen LogP contribution is -2.44. The van der Waals surface area contributed by atoms with Crippen molar-refractivity contribution in [3.63, 3.8) is 0 Å². The van der Waals surface area contributed by atoms with Gasteiger partial charge in [0.05, 0.1) is 17.8 Å². The van der Waals surface area contributed by atoms with Gasteiger partial charge in [-0.15, -0.1) is 0 Å². The second-order valence-electron chi connectivity index (χ2n) is 5.47. The summed E-state index contributed by atoms with van der Waals surface area (Å²) in [6, 6.07) is 2.10. The Morgan fingerprint density at radius 1 is 1.36 bits per heavy atom. The van der Waals surface area contributed by atoms with Gasteiger partial charge in [-0.2, -0.15) is 5.10 Å². The molecular weight excluding hydrogens is 282 g/mol. The molecular formula is C15H19N5O2. The largest absolute Gasteiger partial charge is 0.458 e. The van der Waals surface area contributed by atoms with E-state index in [9.17, 15) is 4.79 Å². The molecule has 1 fully saturated rings. The van der Waals surface area contributed by atoms with Gasteiger partial charge in [-0.25, -0.2) is 9.97 Å². The van der Waals surface area contributed by atoms with Crippen molar-refractivity contribution >= 4 is 5.91 Å². The third-order valence-electron chi connectivity index (χ3n) is 3.82. The lowest BCUT2D eigenvalue weighted by molar-refractivity contribution is 0.0514. The zero-order chi connectivity index (χ0) is 15.5. The number of aromatic amines is 1. The topological polar surface area (TPSA) is 84.0 Å². The summed E-state index contributed by atoms with van der Waals surface area (Å²) in [6.45, 7) is 4.98. The Hall–Kier alpha value is -2.44. The molecule has 1 aliphatic heterocycles. The maximum atomic E-state index is 12.7. The first kappa shape index (κ1) is 14.5. The van der Waals surface area contributed by atoms with Crippen molar-refractivity contribution < 1.29 is 9.53 Å². The quantitative estimate of drug-likeness (QED) is 0.928. The summed E-state index contributed by atoms with van der Waals surface area (Å²) < 4.78 is 5.77. The van der Waals surface area contributed by atoms with Crippen LogP contribution in [0.25, 0.3) is 0 Å². The lowest BCUT2D eigenvalue weighted by Gasteiger charge is -2.32. The number of piperidine rings is 1. The van der Waals surface area contributed by atoms with Gasteiger partial charge in [0.1, 0.15) is 6.10 Å². The van der Waals surface area contributed by atoms with Crippen LogP contribution in [0.4, 0.5) is 0 Å². The fraction of sp³-hybridized carbons (Fsp3) is 0.467. The number of hydrogen-bond acceptors (Lipinski definition) is 5. The minimum atomic E-state index is -0.0763. The molecule has 0 spiro atoms. The number of hydrogen-bond donors (Lipinski definition) is 1. The van der Waals surface area contributed by atoms with Crippen LogP contribution in [0.1, 0.15) is 34.6 Å². The van der Waals surface area contributed by atoms with Gasteiger partial charge in [0, 0.05) is 24.6 Å². The number of likely N-dealkylation sites (tertiary alicyclic amines) is 1. The summed E-state index contributed by atoms with van der Waals surface area (Å²) in [5.41, 5.74) is 2.20. The molecule has 0 bridgehead atoms. The summed E-state index contributed by atoms with van der Waals surface area (Å²) in [5.74, 6) is 0.00558. The molecule has 1 saturated heterocycles. The highest BCUT2D eigenvalue weighted by atomic mass is 16.5. The van der Waals surface area contributed by atoms with E-state index in [0.717, 1.165) is 30.8 Å². The van der Waals surface area contributed by atoms with Gasteiger partial charge in [0.2, 0.25) is 0 Å². The van der Waals surface area contributed by atoms with Gasteiger partial charge in [0.25, 0.3) is 5.91 Å². The summed E-state index contributed by atoms with van der Waals surface area (Å²) in [4.78, 5) is 22.6. The zero-order valence-electron chi connectivity index (χ0n) is 12.7. The number of nitrogens with one attached hydrogen (secondary N) is 1. The minimum absolute atomic E-state index is 0.00558. The second-order valence-corrected chi connectivity index (χ2v) is 5.47. The van der Waals surface area contributed by atoms with Crippen LogP contribution >= 0.6 is 0 Å². The number of H-pyrrole nitrogens is 1. The number of amides is 1. The second kappa shape index (κ2) is 6.13. The Balaban J connectivity index is 1.69. The van der Waals surface area contributed by atoms with E-state index < -0.39 is 0 Å². The SMILES string of the molecule is Cc1n[nH]c(C)c1C(=O)N1CCCC(Oc2ncccn2)C1. The highest BCUT2D eigenvalue weighted by Crippen LogP contribution is 2.19. The van der Waals surface area contributed by atoms with Crippen LogP contribution in [0, 0.1) is 13.8 Å². The molecule has 1 atom stereocenters. The van der Waals surface area contributed by atoms with Gasteiger partial charge < -0.3 is 9.64 Å². The first-order valence-corrected chi connectivity index (χ1v) is 7.39. The molecule has 7 nitrogen and oxygen atoms in total. The number of nitrogens with zero attached hydrogens (tertiary/aromatic N) is 4. The Morgan fingerprint density at radius 3 is 2.82 bits per heavy atom. The van der Waals surface area contributed by atoms with Crippen LogP contribution < -0.4 is 4.74 Å². The van der Waals surface area contributed by atoms with E-state index in [0.29, 0.717) is 18.1 Å². The Labute approximate surface area is 128 Å². The van der Waals surface area contributed by atoms with Crippen LogP contribution in [0.3, 0.4) is 0 Å². The molecule has 1 amide bonds. The Kier molecular flexibility index (Phi) is 4.04. The van der Waals surface area contributed by atoms with Crippen molar-refractivity contribution in [2.75, 3.05) is 13.1 Å². The van der Waals surface area contributed by atoms with E-state index >= 15 is 0 Å². The molecule has 1 unspecified atom stereocenters. The summed E-state index contributed by atoms with van der Waals surface area (Å²) in [5, 5.41) is 6.95. The highest BCUT2D eigenvalue weighted by molar-refractivity contribution is 5.96. The maximum Gasteiger partial charge on any atom is 0.316 e. The maximum absolute atomic E-state index is 12.7. The normalized spacial score (nSPS) is 18.3. The van der Waals surface area contributed by atoms with Crippen LogP contribution in [0.15, 0.2) is 18.5 Å². The highest BCUT2D eigenvalue weighted by Gasteiger charge is 2.28. The van der Waals surface area contributed by atoms with Crippen molar-refractivity contribution in [1.82, 2.24) is 25.1 Å².